The Hall–Kier alpha value is -1.18. The minimum absolute atomic E-state index is 0.304. The standard InChI is InChI=1S/C28H52O6/c1-3-4-5-8-13-20-31-22-24-33-26-27-34-25-23-32-21-16-11-10-15-19-30-18-14-9-6-7-12-17-28(2)29/h3,8,13,29H,1-2,4-7,9-12,14-27H2/b13-8+. The van der Waals surface area contributed by atoms with E-state index in [-0.39, 0.29) is 0 Å². The number of aliphatic hydroxyl groups excluding tert-OH is 1. The maximum atomic E-state index is 9.02. The molecule has 0 fully saturated rings. The minimum Gasteiger partial charge on any atom is -0.513 e. The van der Waals surface area contributed by atoms with E-state index in [4.69, 9.17) is 28.8 Å². The van der Waals surface area contributed by atoms with Gasteiger partial charge in [0, 0.05) is 26.2 Å². The lowest BCUT2D eigenvalue weighted by molar-refractivity contribution is 0.000467. The van der Waals surface area contributed by atoms with Gasteiger partial charge >= 0.3 is 0 Å². The molecule has 0 saturated carbocycles. The second-order valence-corrected chi connectivity index (χ2v) is 8.36. The fourth-order valence-corrected chi connectivity index (χ4v) is 3.14. The van der Waals surface area contributed by atoms with Crippen LogP contribution >= 0.6 is 0 Å². The van der Waals surface area contributed by atoms with Crippen molar-refractivity contribution in [3.8, 4) is 0 Å². The third-order valence-electron chi connectivity index (χ3n) is 5.12. The average molecular weight is 485 g/mol. The van der Waals surface area contributed by atoms with Crippen LogP contribution in [0, 0.1) is 0 Å². The van der Waals surface area contributed by atoms with Crippen molar-refractivity contribution in [2.75, 3.05) is 66.1 Å². The Kier molecular flexibility index (Phi) is 28.8. The molecule has 6 nitrogen and oxygen atoms in total. The first-order valence-corrected chi connectivity index (χ1v) is 13.3. The fraction of sp³-hybridized carbons (Fsp3) is 0.786. The van der Waals surface area contributed by atoms with Crippen LogP contribution in [0.5, 0.6) is 0 Å². The lowest BCUT2D eigenvalue weighted by Crippen LogP contribution is -2.12. The summed E-state index contributed by atoms with van der Waals surface area (Å²) in [6.45, 7) is 14.0. The zero-order valence-corrected chi connectivity index (χ0v) is 21.7. The van der Waals surface area contributed by atoms with Gasteiger partial charge in [0.2, 0.25) is 0 Å². The van der Waals surface area contributed by atoms with Crippen molar-refractivity contribution < 1.29 is 28.8 Å². The zero-order valence-electron chi connectivity index (χ0n) is 21.7. The van der Waals surface area contributed by atoms with Crippen LogP contribution in [-0.4, -0.2) is 71.2 Å². The van der Waals surface area contributed by atoms with Gasteiger partial charge in [0.15, 0.2) is 0 Å². The van der Waals surface area contributed by atoms with Crippen molar-refractivity contribution in [3.63, 3.8) is 0 Å². The molecule has 0 amide bonds. The van der Waals surface area contributed by atoms with Gasteiger partial charge in [-0.2, -0.15) is 0 Å². The molecule has 1 N–H and O–H groups in total. The van der Waals surface area contributed by atoms with E-state index >= 15 is 0 Å². The predicted molar refractivity (Wildman–Crippen MR) is 141 cm³/mol. The van der Waals surface area contributed by atoms with E-state index in [1.807, 2.05) is 12.2 Å². The highest BCUT2D eigenvalue weighted by molar-refractivity contribution is 4.84. The zero-order chi connectivity index (χ0) is 24.8. The van der Waals surface area contributed by atoms with Crippen molar-refractivity contribution in [1.82, 2.24) is 0 Å². The molecule has 0 aromatic carbocycles. The number of hydrogen-bond acceptors (Lipinski definition) is 6. The number of rotatable bonds is 29. The molecule has 34 heavy (non-hydrogen) atoms. The summed E-state index contributed by atoms with van der Waals surface area (Å²) < 4.78 is 27.7. The van der Waals surface area contributed by atoms with Gasteiger partial charge in [-0.15, -0.1) is 6.58 Å². The first kappa shape index (κ1) is 32.8. The van der Waals surface area contributed by atoms with Gasteiger partial charge in [0.25, 0.3) is 0 Å². The number of aliphatic hydroxyl groups is 1. The Balaban J connectivity index is 3.04. The van der Waals surface area contributed by atoms with E-state index < -0.39 is 0 Å². The molecule has 200 valence electrons. The van der Waals surface area contributed by atoms with E-state index in [1.54, 1.807) is 0 Å². The Morgan fingerprint density at radius 2 is 0.971 bits per heavy atom. The monoisotopic (exact) mass is 484 g/mol. The van der Waals surface area contributed by atoms with E-state index in [1.165, 1.54) is 25.7 Å². The summed E-state index contributed by atoms with van der Waals surface area (Å²) >= 11 is 0. The number of hydrogen-bond donors (Lipinski definition) is 1. The summed E-state index contributed by atoms with van der Waals surface area (Å²) in [5.41, 5.74) is 0. The van der Waals surface area contributed by atoms with Crippen LogP contribution in [0.1, 0.15) is 77.0 Å². The largest absolute Gasteiger partial charge is 0.513 e. The molecule has 0 aromatic heterocycles. The van der Waals surface area contributed by atoms with Crippen LogP contribution in [0.3, 0.4) is 0 Å². The van der Waals surface area contributed by atoms with Crippen molar-refractivity contribution in [2.24, 2.45) is 0 Å². The highest BCUT2D eigenvalue weighted by Crippen LogP contribution is 2.08. The van der Waals surface area contributed by atoms with Crippen LogP contribution in [0.25, 0.3) is 0 Å². The highest BCUT2D eigenvalue weighted by atomic mass is 16.6. The number of allylic oxidation sites excluding steroid dienone is 3. The maximum Gasteiger partial charge on any atom is 0.0851 e. The average Bonchev–Trinajstić information content (AvgIpc) is 2.83. The molecule has 0 atom stereocenters. The first-order valence-electron chi connectivity index (χ1n) is 13.3. The second-order valence-electron chi connectivity index (χ2n) is 8.36. The highest BCUT2D eigenvalue weighted by Gasteiger charge is 1.96. The first-order chi connectivity index (χ1) is 16.8. The topological polar surface area (TPSA) is 66.4 Å². The fourth-order valence-electron chi connectivity index (χ4n) is 3.14. The van der Waals surface area contributed by atoms with Crippen LogP contribution in [0.15, 0.2) is 37.1 Å². The number of unbranched alkanes of at least 4 members (excludes halogenated alkanes) is 8. The van der Waals surface area contributed by atoms with Gasteiger partial charge in [-0.25, -0.2) is 0 Å². The third-order valence-corrected chi connectivity index (χ3v) is 5.12. The summed E-state index contributed by atoms with van der Waals surface area (Å²) in [6.07, 6.45) is 19.2. The molecule has 0 saturated heterocycles. The van der Waals surface area contributed by atoms with Gasteiger partial charge in [-0.1, -0.05) is 56.9 Å². The van der Waals surface area contributed by atoms with Crippen LogP contribution in [0.2, 0.25) is 0 Å². The molecule has 0 unspecified atom stereocenters. The summed E-state index contributed by atoms with van der Waals surface area (Å²) in [5, 5.41) is 9.02. The quantitative estimate of drug-likeness (QED) is 0.0736. The van der Waals surface area contributed by atoms with Gasteiger partial charge < -0.3 is 28.8 Å². The lowest BCUT2D eigenvalue weighted by atomic mass is 10.1. The molecule has 0 spiro atoms. The third kappa shape index (κ3) is 30.8. The summed E-state index contributed by atoms with van der Waals surface area (Å²) in [5.74, 6) is 0.304. The van der Waals surface area contributed by atoms with E-state index in [0.717, 1.165) is 71.2 Å². The maximum absolute atomic E-state index is 9.02. The number of ether oxygens (including phenoxy) is 5. The van der Waals surface area contributed by atoms with Gasteiger partial charge in [0.05, 0.1) is 52.0 Å². The summed E-state index contributed by atoms with van der Waals surface area (Å²) in [6, 6.07) is 0. The second kappa shape index (κ2) is 29.9. The van der Waals surface area contributed by atoms with Crippen molar-refractivity contribution in [2.45, 2.75) is 77.0 Å². The Morgan fingerprint density at radius 3 is 1.50 bits per heavy atom. The molecule has 6 heteroatoms. The normalized spacial score (nSPS) is 11.4. The molecular weight excluding hydrogens is 432 g/mol. The smallest absolute Gasteiger partial charge is 0.0851 e. The van der Waals surface area contributed by atoms with E-state index in [9.17, 15) is 0 Å². The van der Waals surface area contributed by atoms with Gasteiger partial charge in [-0.3, -0.25) is 0 Å². The molecular formula is C28H52O6. The SMILES string of the molecule is C=CCC/C=C/COCCOCCOCCOCCCCCCOCCCCCCCC(=C)O. The van der Waals surface area contributed by atoms with Crippen molar-refractivity contribution in [1.29, 1.82) is 0 Å². The Labute approximate surface area is 209 Å². The molecule has 0 aliphatic carbocycles. The van der Waals surface area contributed by atoms with Crippen LogP contribution in [0.4, 0.5) is 0 Å². The summed E-state index contributed by atoms with van der Waals surface area (Å²) in [4.78, 5) is 0. The van der Waals surface area contributed by atoms with Crippen molar-refractivity contribution in [3.05, 3.63) is 37.1 Å². The molecule has 0 aromatic rings. The van der Waals surface area contributed by atoms with E-state index in [2.05, 4.69) is 19.2 Å². The molecule has 0 radical (unpaired) electrons. The van der Waals surface area contributed by atoms with Crippen molar-refractivity contribution >= 4 is 0 Å². The Morgan fingerprint density at radius 1 is 0.529 bits per heavy atom. The molecule has 0 rings (SSSR count). The lowest BCUT2D eigenvalue weighted by Gasteiger charge is -2.07. The summed E-state index contributed by atoms with van der Waals surface area (Å²) in [7, 11) is 0. The van der Waals surface area contributed by atoms with Gasteiger partial charge in [0.1, 0.15) is 0 Å². The molecule has 0 bridgehead atoms. The Bertz CT molecular complexity index is 452. The molecule has 0 aliphatic heterocycles. The van der Waals surface area contributed by atoms with E-state index in [0.29, 0.717) is 52.0 Å². The molecule has 0 heterocycles. The van der Waals surface area contributed by atoms with Crippen LogP contribution in [-0.2, 0) is 23.7 Å². The molecule has 0 aliphatic rings. The van der Waals surface area contributed by atoms with Crippen LogP contribution < -0.4 is 0 Å². The predicted octanol–water partition coefficient (Wildman–Crippen LogP) is 6.56. The minimum atomic E-state index is 0.304. The van der Waals surface area contributed by atoms with Gasteiger partial charge in [-0.05, 0) is 38.5 Å².